The highest BCUT2D eigenvalue weighted by molar-refractivity contribution is 6.27. The maximum absolute atomic E-state index is 14.0. The van der Waals surface area contributed by atoms with Gasteiger partial charge in [-0.05, 0) is 24.3 Å². The number of carbonyl (C=O) groups is 1. The number of nitrogens with zero attached hydrogens (tertiary/aromatic N) is 1. The zero-order valence-corrected chi connectivity index (χ0v) is 18.7. The van der Waals surface area contributed by atoms with E-state index in [0.29, 0.717) is 50.6 Å². The molecule has 0 saturated heterocycles. The number of para-hydroxylation sites is 2. The molecular weight excluding hydrogens is 434 g/mol. The minimum absolute atomic E-state index is 0.122. The van der Waals surface area contributed by atoms with Gasteiger partial charge in [-0.3, -0.25) is 9.59 Å². The average Bonchev–Trinajstić information content (AvgIpc) is 3.18. The third-order valence-electron chi connectivity index (χ3n) is 6.39. The lowest BCUT2D eigenvalue weighted by Crippen LogP contribution is -2.37. The fraction of sp³-hybridized carbons (Fsp3) is 0.185. The van der Waals surface area contributed by atoms with Crippen LogP contribution in [0.2, 0.25) is 0 Å². The van der Waals surface area contributed by atoms with Crippen molar-refractivity contribution in [3.8, 4) is 34.3 Å². The number of carbonyl (C=O) groups excluding carboxylic acids is 1. The number of fused-ring (bicyclic) bond motifs is 6. The smallest absolute Gasteiger partial charge is 0.262 e. The van der Waals surface area contributed by atoms with Crippen molar-refractivity contribution in [3.05, 3.63) is 82.1 Å². The number of methoxy groups -OCH3 is 2. The molecule has 6 rings (SSSR count). The van der Waals surface area contributed by atoms with Crippen molar-refractivity contribution in [1.29, 1.82) is 0 Å². The van der Waals surface area contributed by atoms with Crippen LogP contribution < -0.4 is 24.5 Å². The van der Waals surface area contributed by atoms with Gasteiger partial charge in [0.05, 0.1) is 37.4 Å². The Balaban J connectivity index is 1.60. The maximum atomic E-state index is 14.0. The lowest BCUT2D eigenvalue weighted by molar-refractivity contribution is 0.0782. The molecule has 2 aliphatic rings. The van der Waals surface area contributed by atoms with Crippen molar-refractivity contribution in [1.82, 2.24) is 4.57 Å². The first-order chi connectivity index (χ1) is 16.6. The lowest BCUT2D eigenvalue weighted by atomic mass is 10.0. The van der Waals surface area contributed by atoms with Crippen molar-refractivity contribution < 1.29 is 23.7 Å². The first kappa shape index (κ1) is 20.4. The fourth-order valence-electron chi connectivity index (χ4n) is 4.91. The van der Waals surface area contributed by atoms with Crippen LogP contribution in [0, 0.1) is 0 Å². The van der Waals surface area contributed by atoms with E-state index >= 15 is 0 Å². The largest absolute Gasteiger partial charge is 0.493 e. The van der Waals surface area contributed by atoms with E-state index in [1.54, 1.807) is 22.8 Å². The molecule has 0 saturated carbocycles. The Bertz CT molecular complexity index is 1540. The molecule has 0 N–H and O–H groups in total. The molecule has 7 heteroatoms. The van der Waals surface area contributed by atoms with E-state index in [0.717, 1.165) is 5.56 Å². The predicted octanol–water partition coefficient (Wildman–Crippen LogP) is 4.07. The van der Waals surface area contributed by atoms with Gasteiger partial charge in [0.25, 0.3) is 5.56 Å². The molecule has 1 atom stereocenters. The zero-order chi connectivity index (χ0) is 23.4. The quantitative estimate of drug-likeness (QED) is 0.407. The first-order valence-electron chi connectivity index (χ1n) is 11.0. The molecule has 1 aromatic heterocycles. The van der Waals surface area contributed by atoms with Gasteiger partial charge in [-0.2, -0.15) is 0 Å². The standard InChI is InChI=1S/C27H21NO6/c1-31-21-12-11-18-22-24(16-7-3-4-8-17(16)25(22)29)28(27(30)23(18)26(21)32-2)13-15-14-33-19-9-5-6-10-20(19)34-15/h3-12,15H,13-14H2,1-2H3. The van der Waals surface area contributed by atoms with Crippen molar-refractivity contribution in [2.24, 2.45) is 0 Å². The first-order valence-corrected chi connectivity index (χ1v) is 11.0. The summed E-state index contributed by atoms with van der Waals surface area (Å²) in [7, 11) is 3.00. The molecule has 1 unspecified atom stereocenters. The van der Waals surface area contributed by atoms with Gasteiger partial charge in [0.15, 0.2) is 34.9 Å². The molecule has 4 aromatic rings. The number of benzene rings is 3. The number of aromatic nitrogens is 1. The van der Waals surface area contributed by atoms with E-state index < -0.39 is 6.10 Å². The Hall–Kier alpha value is -4.26. The number of hydrogen-bond acceptors (Lipinski definition) is 6. The second-order valence-electron chi connectivity index (χ2n) is 8.24. The highest BCUT2D eigenvalue weighted by Crippen LogP contribution is 2.43. The van der Waals surface area contributed by atoms with E-state index in [1.807, 2.05) is 42.5 Å². The zero-order valence-electron chi connectivity index (χ0n) is 18.7. The monoisotopic (exact) mass is 455 g/mol. The molecular formula is C27H21NO6. The van der Waals surface area contributed by atoms with E-state index in [4.69, 9.17) is 18.9 Å². The van der Waals surface area contributed by atoms with Gasteiger partial charge in [0.1, 0.15) is 6.61 Å². The van der Waals surface area contributed by atoms with Crippen LogP contribution in [0.4, 0.5) is 0 Å². The fourth-order valence-corrected chi connectivity index (χ4v) is 4.91. The predicted molar refractivity (Wildman–Crippen MR) is 127 cm³/mol. The Morgan fingerprint density at radius 1 is 0.912 bits per heavy atom. The summed E-state index contributed by atoms with van der Waals surface area (Å²) < 4.78 is 24.7. The summed E-state index contributed by atoms with van der Waals surface area (Å²) in [4.78, 5) is 27.5. The number of ether oxygens (including phenoxy) is 4. The van der Waals surface area contributed by atoms with Gasteiger partial charge in [0.2, 0.25) is 0 Å². The Morgan fingerprint density at radius 3 is 2.41 bits per heavy atom. The third kappa shape index (κ3) is 2.83. The molecule has 170 valence electrons. The van der Waals surface area contributed by atoms with Crippen LogP contribution in [0.25, 0.3) is 22.0 Å². The van der Waals surface area contributed by atoms with E-state index in [1.165, 1.54) is 14.2 Å². The summed E-state index contributed by atoms with van der Waals surface area (Å²) in [6.07, 6.45) is -0.423. The summed E-state index contributed by atoms with van der Waals surface area (Å²) in [5.41, 5.74) is 2.09. The summed E-state index contributed by atoms with van der Waals surface area (Å²) in [6.45, 7) is 0.481. The highest BCUT2D eigenvalue weighted by atomic mass is 16.6. The van der Waals surface area contributed by atoms with E-state index in [-0.39, 0.29) is 24.5 Å². The van der Waals surface area contributed by atoms with Gasteiger partial charge in [-0.15, -0.1) is 0 Å². The molecule has 0 fully saturated rings. The SMILES string of the molecule is COc1ccc2c3c(n(CC4COc5ccccc5O4)c(=O)c2c1OC)-c1ccccc1C3=O. The molecule has 0 radical (unpaired) electrons. The highest BCUT2D eigenvalue weighted by Gasteiger charge is 2.35. The van der Waals surface area contributed by atoms with Crippen LogP contribution in [-0.2, 0) is 6.54 Å². The van der Waals surface area contributed by atoms with Crippen molar-refractivity contribution in [2.75, 3.05) is 20.8 Å². The van der Waals surface area contributed by atoms with Crippen LogP contribution in [0.15, 0.2) is 65.5 Å². The molecule has 7 nitrogen and oxygen atoms in total. The second kappa shape index (κ2) is 7.66. The van der Waals surface area contributed by atoms with Gasteiger partial charge in [0, 0.05) is 16.5 Å². The van der Waals surface area contributed by atoms with Crippen molar-refractivity contribution in [2.45, 2.75) is 12.6 Å². The third-order valence-corrected chi connectivity index (χ3v) is 6.39. The van der Waals surface area contributed by atoms with Crippen LogP contribution in [0.3, 0.4) is 0 Å². The molecule has 0 amide bonds. The number of pyridine rings is 1. The van der Waals surface area contributed by atoms with E-state index in [2.05, 4.69) is 0 Å². The topological polar surface area (TPSA) is 76.0 Å². The lowest BCUT2D eigenvalue weighted by Gasteiger charge is -2.28. The number of hydrogen-bond donors (Lipinski definition) is 0. The van der Waals surface area contributed by atoms with Gasteiger partial charge in [-0.25, -0.2) is 0 Å². The molecule has 0 bridgehead atoms. The normalized spacial score (nSPS) is 15.7. The minimum Gasteiger partial charge on any atom is -0.493 e. The summed E-state index contributed by atoms with van der Waals surface area (Å²) in [6, 6.07) is 18.3. The average molecular weight is 455 g/mol. The Kier molecular flexibility index (Phi) is 4.58. The van der Waals surface area contributed by atoms with Crippen LogP contribution in [-0.4, -0.2) is 37.3 Å². The molecule has 1 aliphatic carbocycles. The molecule has 34 heavy (non-hydrogen) atoms. The molecule has 2 heterocycles. The molecule has 3 aromatic carbocycles. The summed E-state index contributed by atoms with van der Waals surface area (Å²) >= 11 is 0. The van der Waals surface area contributed by atoms with Gasteiger partial charge < -0.3 is 23.5 Å². The van der Waals surface area contributed by atoms with Crippen molar-refractivity contribution in [3.63, 3.8) is 0 Å². The second-order valence-corrected chi connectivity index (χ2v) is 8.24. The summed E-state index contributed by atoms with van der Waals surface area (Å²) in [5.74, 6) is 1.90. The van der Waals surface area contributed by atoms with E-state index in [9.17, 15) is 9.59 Å². The maximum Gasteiger partial charge on any atom is 0.262 e. The molecule has 1 aliphatic heterocycles. The Morgan fingerprint density at radius 2 is 1.65 bits per heavy atom. The van der Waals surface area contributed by atoms with Crippen molar-refractivity contribution >= 4 is 16.6 Å². The number of rotatable bonds is 4. The number of ketones is 1. The van der Waals surface area contributed by atoms with Crippen LogP contribution >= 0.6 is 0 Å². The molecule has 0 spiro atoms. The van der Waals surface area contributed by atoms with Gasteiger partial charge >= 0.3 is 0 Å². The van der Waals surface area contributed by atoms with Gasteiger partial charge in [-0.1, -0.05) is 36.4 Å². The summed E-state index contributed by atoms with van der Waals surface area (Å²) in [5, 5.41) is 0.847. The van der Waals surface area contributed by atoms with Crippen LogP contribution in [0.5, 0.6) is 23.0 Å². The van der Waals surface area contributed by atoms with Crippen LogP contribution in [0.1, 0.15) is 15.9 Å². The minimum atomic E-state index is -0.423. The Labute approximate surface area is 195 Å².